The van der Waals surface area contributed by atoms with Gasteiger partial charge in [0.1, 0.15) is 30.9 Å². The fourth-order valence-corrected chi connectivity index (χ4v) is 7.50. The molecule has 0 bridgehead atoms. The lowest BCUT2D eigenvalue weighted by molar-refractivity contribution is -0.121. The molecule has 1 saturated heterocycles. The van der Waals surface area contributed by atoms with Crippen molar-refractivity contribution in [3.63, 3.8) is 0 Å². The van der Waals surface area contributed by atoms with Gasteiger partial charge in [0.15, 0.2) is 0 Å². The van der Waals surface area contributed by atoms with Crippen LogP contribution in [0.4, 0.5) is 14.5 Å². The second-order valence-corrected chi connectivity index (χ2v) is 20.0. The fraction of sp³-hybridized carbons (Fsp3) is 0.378. The second kappa shape index (κ2) is 14.5. The average molecular weight is 727 g/mol. The van der Waals surface area contributed by atoms with E-state index >= 15 is 8.78 Å². The third-order valence-corrected chi connectivity index (χ3v) is 9.93. The Bertz CT molecular complexity index is 1880. The van der Waals surface area contributed by atoms with Crippen LogP contribution in [0.25, 0.3) is 0 Å². The number of carbonyl (C=O) groups is 2. The van der Waals surface area contributed by atoms with E-state index in [-0.39, 0.29) is 51.1 Å². The highest BCUT2D eigenvalue weighted by atomic mass is 35.5. The highest BCUT2D eigenvalue weighted by molar-refractivity contribution is 6.83. The van der Waals surface area contributed by atoms with Crippen LogP contribution in [0.15, 0.2) is 54.6 Å². The number of carboxylic acid groups (broad SMARTS) is 1. The average Bonchev–Trinajstić information content (AvgIpc) is 3.26. The SMILES string of the molecule is COc1cc(C(=O)O)ccc1NC(=O)[C@H]1[C@H](c2cccc(Cl)c2F)[C@@](C#N)(c2ccc(Cl)cc2F)[C@H](CC(C)(C)C)N1CC#C[Si](C)(C)C. The van der Waals surface area contributed by atoms with Crippen LogP contribution < -0.4 is 10.1 Å². The lowest BCUT2D eigenvalue weighted by Crippen LogP contribution is -2.48. The second-order valence-electron chi connectivity index (χ2n) is 14.4. The number of nitrogens with one attached hydrogen (secondary N) is 1. The van der Waals surface area contributed by atoms with Crippen molar-refractivity contribution in [3.05, 3.63) is 93.0 Å². The van der Waals surface area contributed by atoms with Gasteiger partial charge in [-0.05, 0) is 53.8 Å². The summed E-state index contributed by atoms with van der Waals surface area (Å²) in [7, 11) is -0.594. The molecule has 4 rings (SSSR count). The van der Waals surface area contributed by atoms with Gasteiger partial charge in [-0.3, -0.25) is 9.69 Å². The number of amides is 1. The lowest BCUT2D eigenvalue weighted by atomic mass is 9.62. The summed E-state index contributed by atoms with van der Waals surface area (Å²) in [4.78, 5) is 28.2. The zero-order valence-corrected chi connectivity index (χ0v) is 30.9. The number of carbonyl (C=O) groups excluding carboxylic acids is 1. The molecule has 2 N–H and O–H groups in total. The van der Waals surface area contributed by atoms with E-state index in [0.29, 0.717) is 0 Å². The van der Waals surface area contributed by atoms with Gasteiger partial charge >= 0.3 is 5.97 Å². The minimum Gasteiger partial charge on any atom is -0.495 e. The molecule has 12 heteroatoms. The van der Waals surface area contributed by atoms with Gasteiger partial charge < -0.3 is 15.2 Å². The smallest absolute Gasteiger partial charge is 0.335 e. The van der Waals surface area contributed by atoms with E-state index in [1.54, 1.807) is 4.90 Å². The summed E-state index contributed by atoms with van der Waals surface area (Å²) in [6, 6.07) is 12.6. The van der Waals surface area contributed by atoms with E-state index in [9.17, 15) is 20.0 Å². The quantitative estimate of drug-likeness (QED) is 0.178. The maximum atomic E-state index is 16.3. The molecule has 1 heterocycles. The molecule has 0 saturated carbocycles. The lowest BCUT2D eigenvalue weighted by Gasteiger charge is -2.39. The summed E-state index contributed by atoms with van der Waals surface area (Å²) in [6.45, 7) is 12.1. The largest absolute Gasteiger partial charge is 0.495 e. The Morgan fingerprint density at radius 3 is 2.37 bits per heavy atom. The summed E-state index contributed by atoms with van der Waals surface area (Å²) >= 11 is 12.5. The minimum absolute atomic E-state index is 0.00944. The Labute approximate surface area is 297 Å². The summed E-state index contributed by atoms with van der Waals surface area (Å²) in [5.41, 5.74) is 1.01. The third-order valence-electron chi connectivity index (χ3n) is 8.47. The van der Waals surface area contributed by atoms with E-state index in [1.807, 2.05) is 20.8 Å². The van der Waals surface area contributed by atoms with Crippen molar-refractivity contribution in [2.24, 2.45) is 5.41 Å². The number of anilines is 1. The zero-order chi connectivity index (χ0) is 36.5. The molecular weight excluding hydrogens is 687 g/mol. The van der Waals surface area contributed by atoms with Gasteiger partial charge in [-0.25, -0.2) is 13.6 Å². The summed E-state index contributed by atoms with van der Waals surface area (Å²) in [5, 5.41) is 23.6. The molecule has 0 radical (unpaired) electrons. The number of ether oxygens (including phenoxy) is 1. The Morgan fingerprint density at radius 1 is 1.10 bits per heavy atom. The predicted octanol–water partition coefficient (Wildman–Crippen LogP) is 8.53. The molecule has 0 aliphatic carbocycles. The van der Waals surface area contributed by atoms with Crippen LogP contribution in [0.5, 0.6) is 5.75 Å². The van der Waals surface area contributed by atoms with Crippen LogP contribution in [0.1, 0.15) is 54.6 Å². The van der Waals surface area contributed by atoms with E-state index in [0.717, 1.165) is 6.07 Å². The number of nitrogens with zero attached hydrogens (tertiary/aromatic N) is 2. The molecule has 258 valence electrons. The van der Waals surface area contributed by atoms with E-state index in [4.69, 9.17) is 27.9 Å². The van der Waals surface area contributed by atoms with Gasteiger partial charge in [0.05, 0.1) is 42.0 Å². The monoisotopic (exact) mass is 725 g/mol. The van der Waals surface area contributed by atoms with Gasteiger partial charge in [0.2, 0.25) is 5.91 Å². The highest BCUT2D eigenvalue weighted by Gasteiger charge is 2.64. The molecule has 7 nitrogen and oxygen atoms in total. The number of benzene rings is 3. The minimum atomic E-state index is -1.93. The Balaban J connectivity index is 2.10. The number of likely N-dealkylation sites (tertiary alicyclic amines) is 1. The molecule has 0 aromatic heterocycles. The molecule has 1 amide bonds. The first-order chi connectivity index (χ1) is 22.8. The van der Waals surface area contributed by atoms with Crippen molar-refractivity contribution in [2.75, 3.05) is 19.0 Å². The van der Waals surface area contributed by atoms with Crippen LogP contribution in [-0.4, -0.2) is 55.7 Å². The van der Waals surface area contributed by atoms with Gasteiger partial charge in [0, 0.05) is 22.5 Å². The van der Waals surface area contributed by atoms with Gasteiger partial charge in [-0.1, -0.05) is 87.7 Å². The highest BCUT2D eigenvalue weighted by Crippen LogP contribution is 2.56. The molecular formula is C37H39Cl2F2N3O4Si. The van der Waals surface area contributed by atoms with Crippen molar-refractivity contribution in [1.82, 2.24) is 4.90 Å². The molecule has 0 spiro atoms. The van der Waals surface area contributed by atoms with Crippen molar-refractivity contribution < 1.29 is 28.2 Å². The number of carboxylic acids is 1. The zero-order valence-electron chi connectivity index (χ0n) is 28.4. The first-order valence-corrected chi connectivity index (χ1v) is 19.9. The molecule has 49 heavy (non-hydrogen) atoms. The third kappa shape index (κ3) is 7.95. The van der Waals surface area contributed by atoms with E-state index < -0.39 is 60.4 Å². The molecule has 1 fully saturated rings. The van der Waals surface area contributed by atoms with Crippen molar-refractivity contribution in [1.29, 1.82) is 5.26 Å². The molecule has 1 aliphatic rings. The Kier molecular flexibility index (Phi) is 11.2. The molecule has 3 aromatic carbocycles. The van der Waals surface area contributed by atoms with E-state index in [2.05, 4.69) is 42.5 Å². The molecule has 4 atom stereocenters. The van der Waals surface area contributed by atoms with Crippen molar-refractivity contribution >= 4 is 48.8 Å². The number of hydrogen-bond acceptors (Lipinski definition) is 5. The first kappa shape index (κ1) is 37.9. The van der Waals surface area contributed by atoms with Crippen LogP contribution in [-0.2, 0) is 10.2 Å². The maximum absolute atomic E-state index is 16.3. The summed E-state index contributed by atoms with van der Waals surface area (Å²) in [5.74, 6) is -1.47. The number of aromatic carboxylic acids is 1. The summed E-state index contributed by atoms with van der Waals surface area (Å²) in [6.07, 6.45) is 0.288. The maximum Gasteiger partial charge on any atom is 0.335 e. The van der Waals surface area contributed by atoms with Crippen molar-refractivity contribution in [2.45, 2.75) is 70.2 Å². The number of methoxy groups -OCH3 is 1. The number of halogens is 4. The van der Waals surface area contributed by atoms with Gasteiger partial charge in [0.25, 0.3) is 0 Å². The normalized spacial score (nSPS) is 21.0. The van der Waals surface area contributed by atoms with E-state index in [1.165, 1.54) is 55.6 Å². The predicted molar refractivity (Wildman–Crippen MR) is 191 cm³/mol. The molecule has 0 unspecified atom stereocenters. The number of hydrogen-bond donors (Lipinski definition) is 2. The fourth-order valence-electron chi connectivity index (χ4n) is 6.55. The number of rotatable bonds is 8. The van der Waals surface area contributed by atoms with Crippen molar-refractivity contribution in [3.8, 4) is 23.3 Å². The Morgan fingerprint density at radius 2 is 1.80 bits per heavy atom. The standard InChI is InChI=1S/C37H39Cl2F2N3O4Si/c1-36(2,3)20-30-37(21-42,25-14-13-23(38)19-27(25)40)31(24-10-8-11-26(39)32(24)41)33(44(30)16-9-17-49(5,6)7)34(45)43-28-15-12-22(35(46)47)18-29(28)48-4/h8,10-15,18-19,30-31,33H,16,20H2,1-7H3,(H,43,45)(H,46,47)/t30-,31-,33+,37-/m0/s1. The van der Waals surface area contributed by atoms with Crippen LogP contribution in [0.3, 0.4) is 0 Å². The van der Waals surface area contributed by atoms with Gasteiger partial charge in [-0.15, -0.1) is 5.54 Å². The van der Waals surface area contributed by atoms with Gasteiger partial charge in [-0.2, -0.15) is 5.26 Å². The first-order valence-electron chi connectivity index (χ1n) is 15.6. The van der Waals surface area contributed by atoms with Crippen LogP contribution in [0.2, 0.25) is 29.7 Å². The topological polar surface area (TPSA) is 103 Å². The molecule has 1 aliphatic heterocycles. The molecule has 3 aromatic rings. The Hall–Kier alpha value is -3.93. The number of nitriles is 1. The van der Waals surface area contributed by atoms with Crippen LogP contribution >= 0.6 is 23.2 Å². The summed E-state index contributed by atoms with van der Waals surface area (Å²) < 4.78 is 38.0. The van der Waals surface area contributed by atoms with Crippen LogP contribution in [0, 0.1) is 39.8 Å².